The molecule has 0 aliphatic carbocycles. The average Bonchev–Trinajstić information content (AvgIpc) is 2.83. The van der Waals surface area contributed by atoms with Crippen LogP contribution in [-0.2, 0) is 33.3 Å². The third-order valence-corrected chi connectivity index (χ3v) is 10.4. The van der Waals surface area contributed by atoms with Crippen molar-refractivity contribution in [2.24, 2.45) is 33.0 Å². The molecule has 0 bridgehead atoms. The lowest BCUT2D eigenvalue weighted by Gasteiger charge is -2.58. The molecule has 0 aromatic carbocycles. The summed E-state index contributed by atoms with van der Waals surface area (Å²) in [5.74, 6) is -2.61. The molecule has 0 saturated heterocycles. The van der Waals surface area contributed by atoms with E-state index < -0.39 is 68.0 Å². The van der Waals surface area contributed by atoms with Gasteiger partial charge in [-0.3, -0.25) is 14.4 Å². The number of alkyl halides is 4. The summed E-state index contributed by atoms with van der Waals surface area (Å²) in [6.07, 6.45) is -4.10. The lowest BCUT2D eigenvalue weighted by Crippen LogP contribution is -2.57. The number of esters is 3. The number of carbonyl (C=O) groups is 3. The maximum atomic E-state index is 13.9. The fraction of sp³-hybridized carbons (Fsp3) is 0.903. The molecular formula is C31H54BrF3O7. The molecule has 42 heavy (non-hydrogen) atoms. The highest BCUT2D eigenvalue weighted by atomic mass is 79.9. The minimum absolute atomic E-state index is 0.0108. The van der Waals surface area contributed by atoms with Crippen molar-refractivity contribution in [1.82, 2.24) is 0 Å². The molecule has 0 rings (SSSR count). The van der Waals surface area contributed by atoms with Crippen molar-refractivity contribution < 1.29 is 46.5 Å². The molecule has 3 atom stereocenters. The zero-order chi connectivity index (χ0) is 33.6. The van der Waals surface area contributed by atoms with Gasteiger partial charge in [0, 0.05) is 11.4 Å². The van der Waals surface area contributed by atoms with Gasteiger partial charge in [-0.2, -0.15) is 13.2 Å². The number of methoxy groups -OCH3 is 1. The van der Waals surface area contributed by atoms with Gasteiger partial charge in [-0.25, -0.2) is 0 Å². The van der Waals surface area contributed by atoms with Gasteiger partial charge in [0.2, 0.25) is 0 Å². The van der Waals surface area contributed by atoms with E-state index in [0.29, 0.717) is 6.42 Å². The fourth-order valence-electron chi connectivity index (χ4n) is 5.78. The number of hydrogen-bond donors (Lipinski definition) is 0. The van der Waals surface area contributed by atoms with Crippen LogP contribution in [-0.4, -0.2) is 61.9 Å². The molecule has 0 amide bonds. The summed E-state index contributed by atoms with van der Waals surface area (Å²) in [7, 11) is 1.50. The highest BCUT2D eigenvalue weighted by Gasteiger charge is 2.62. The van der Waals surface area contributed by atoms with E-state index in [2.05, 4.69) is 15.9 Å². The number of hydrogen-bond acceptors (Lipinski definition) is 7. The zero-order valence-corrected chi connectivity index (χ0v) is 29.5. The first kappa shape index (κ1) is 40.6. The predicted octanol–water partition coefficient (Wildman–Crippen LogP) is 7.92. The van der Waals surface area contributed by atoms with Crippen LogP contribution < -0.4 is 0 Å². The Kier molecular flexibility index (Phi) is 14.1. The average molecular weight is 676 g/mol. The molecule has 0 spiro atoms. The van der Waals surface area contributed by atoms with Crippen LogP contribution in [0.15, 0.2) is 0 Å². The van der Waals surface area contributed by atoms with Gasteiger partial charge in [-0.15, -0.1) is 0 Å². The second-order valence-electron chi connectivity index (χ2n) is 14.0. The Labute approximate surface area is 259 Å². The molecule has 11 heteroatoms. The number of carbonyl (C=O) groups excluding carboxylic acids is 3. The standard InChI is InChI=1S/C31H54BrF3O7/c1-14-30(12,25(3,4)18-21(28(9,10)32)22(36)41-17-16-39-13)29(11,24(38)42-20-31(33,34)35)19-26(5,6)27(7,8)23(37)40-15-2/h21H,14-20H2,1-13H3. The van der Waals surface area contributed by atoms with E-state index in [9.17, 15) is 27.6 Å². The Balaban J connectivity index is 7.06. The summed E-state index contributed by atoms with van der Waals surface area (Å²) in [5, 5.41) is 0. The van der Waals surface area contributed by atoms with Crippen molar-refractivity contribution in [3.05, 3.63) is 0 Å². The maximum Gasteiger partial charge on any atom is 0.422 e. The highest BCUT2D eigenvalue weighted by molar-refractivity contribution is 9.10. The Bertz CT molecular complexity index is 924. The maximum absolute atomic E-state index is 13.9. The van der Waals surface area contributed by atoms with Crippen molar-refractivity contribution in [1.29, 1.82) is 0 Å². The molecule has 0 aromatic heterocycles. The van der Waals surface area contributed by atoms with Gasteiger partial charge < -0.3 is 18.9 Å². The second kappa shape index (κ2) is 14.6. The minimum Gasteiger partial charge on any atom is -0.466 e. The van der Waals surface area contributed by atoms with Crippen molar-refractivity contribution in [2.75, 3.05) is 33.5 Å². The molecule has 0 N–H and O–H groups in total. The molecule has 0 aromatic rings. The summed E-state index contributed by atoms with van der Waals surface area (Å²) in [6, 6.07) is 0. The smallest absolute Gasteiger partial charge is 0.422 e. The third kappa shape index (κ3) is 9.57. The normalized spacial score (nSPS) is 17.1. The number of rotatable bonds is 17. The van der Waals surface area contributed by atoms with E-state index >= 15 is 0 Å². The molecular weight excluding hydrogens is 621 g/mol. The van der Waals surface area contributed by atoms with Gasteiger partial charge in [0.1, 0.15) is 6.61 Å². The van der Waals surface area contributed by atoms with Crippen LogP contribution in [0.1, 0.15) is 102 Å². The summed E-state index contributed by atoms with van der Waals surface area (Å²) >= 11 is 3.63. The first-order valence-electron chi connectivity index (χ1n) is 14.5. The van der Waals surface area contributed by atoms with Gasteiger partial charge in [0.15, 0.2) is 6.61 Å². The molecule has 0 heterocycles. The van der Waals surface area contributed by atoms with E-state index in [0.717, 1.165) is 0 Å². The van der Waals surface area contributed by atoms with Gasteiger partial charge in [0.05, 0.1) is 30.0 Å². The van der Waals surface area contributed by atoms with Crippen molar-refractivity contribution in [2.45, 2.75) is 113 Å². The number of ether oxygens (including phenoxy) is 4. The largest absolute Gasteiger partial charge is 0.466 e. The van der Waals surface area contributed by atoms with E-state index in [-0.39, 0.29) is 32.7 Å². The van der Waals surface area contributed by atoms with Gasteiger partial charge in [-0.05, 0) is 77.0 Å². The van der Waals surface area contributed by atoms with Crippen LogP contribution in [0.5, 0.6) is 0 Å². The summed E-state index contributed by atoms with van der Waals surface area (Å²) in [5.41, 5.74) is -5.39. The number of halogens is 4. The van der Waals surface area contributed by atoms with Crippen molar-refractivity contribution in [3.8, 4) is 0 Å². The molecule has 0 saturated carbocycles. The second-order valence-corrected chi connectivity index (χ2v) is 16.0. The summed E-state index contributed by atoms with van der Waals surface area (Å²) in [4.78, 5) is 40.2. The molecule has 0 aliphatic heterocycles. The van der Waals surface area contributed by atoms with Gasteiger partial charge in [0.25, 0.3) is 0 Å². The minimum atomic E-state index is -4.72. The molecule has 7 nitrogen and oxygen atoms in total. The van der Waals surface area contributed by atoms with Gasteiger partial charge in [-0.1, -0.05) is 57.5 Å². The quantitative estimate of drug-likeness (QED) is 0.0670. The fourth-order valence-corrected chi connectivity index (χ4v) is 6.12. The lowest BCUT2D eigenvalue weighted by atomic mass is 9.46. The first-order chi connectivity index (χ1) is 18.7. The molecule has 0 radical (unpaired) electrons. The Morgan fingerprint density at radius 2 is 1.29 bits per heavy atom. The predicted molar refractivity (Wildman–Crippen MR) is 160 cm³/mol. The molecule has 0 fully saturated rings. The first-order valence-corrected chi connectivity index (χ1v) is 15.3. The Morgan fingerprint density at radius 1 is 0.762 bits per heavy atom. The lowest BCUT2D eigenvalue weighted by molar-refractivity contribution is -0.208. The van der Waals surface area contributed by atoms with Crippen LogP contribution >= 0.6 is 15.9 Å². The van der Waals surface area contributed by atoms with Crippen molar-refractivity contribution >= 4 is 33.8 Å². The van der Waals surface area contributed by atoms with Crippen LogP contribution in [0.3, 0.4) is 0 Å². The SMILES string of the molecule is CCOC(=O)C(C)(C)C(C)(C)CC(C)(C(=O)OCC(F)(F)F)C(C)(CC)C(C)(C)CC(C(=O)OCCOC)C(C)(C)Br. The van der Waals surface area contributed by atoms with E-state index in [1.165, 1.54) is 7.11 Å². The van der Waals surface area contributed by atoms with Crippen LogP contribution in [0.2, 0.25) is 0 Å². The van der Waals surface area contributed by atoms with Gasteiger partial charge >= 0.3 is 24.1 Å². The van der Waals surface area contributed by atoms with E-state index in [1.807, 2.05) is 41.5 Å². The van der Waals surface area contributed by atoms with E-state index in [1.54, 1.807) is 41.5 Å². The molecule has 3 unspecified atom stereocenters. The van der Waals surface area contributed by atoms with Crippen LogP contribution in [0.4, 0.5) is 13.2 Å². The molecule has 0 aliphatic rings. The van der Waals surface area contributed by atoms with Crippen molar-refractivity contribution in [3.63, 3.8) is 0 Å². The van der Waals surface area contributed by atoms with E-state index in [4.69, 9.17) is 18.9 Å². The topological polar surface area (TPSA) is 88.1 Å². The highest BCUT2D eigenvalue weighted by Crippen LogP contribution is 2.63. The molecule has 248 valence electrons. The summed E-state index contributed by atoms with van der Waals surface area (Å²) < 4.78 is 59.8. The third-order valence-electron chi connectivity index (χ3n) is 9.87. The monoisotopic (exact) mass is 674 g/mol. The zero-order valence-electron chi connectivity index (χ0n) is 27.9. The Morgan fingerprint density at radius 3 is 1.69 bits per heavy atom. The Hall–Kier alpha value is -1.36. The van der Waals surface area contributed by atoms with Crippen LogP contribution in [0, 0.1) is 33.0 Å². The van der Waals surface area contributed by atoms with Crippen LogP contribution in [0.25, 0.3) is 0 Å². The summed E-state index contributed by atoms with van der Waals surface area (Å²) in [6.45, 7) is 20.3.